The molecular weight excluding hydrogens is 212 g/mol. The van der Waals surface area contributed by atoms with Gasteiger partial charge in [-0.15, -0.1) is 0 Å². The lowest BCUT2D eigenvalue weighted by Gasteiger charge is -2.25. The molecule has 15 heavy (non-hydrogen) atoms. The standard InChI is InChI=1S/C10H20N2O2S/c1-14-6-2-3-11-10(13)9-12-4-7-15-8-5-12/h2-9H2,1H3,(H,11,13). The van der Waals surface area contributed by atoms with Gasteiger partial charge in [0, 0.05) is 44.9 Å². The molecule has 5 heteroatoms. The molecule has 4 nitrogen and oxygen atoms in total. The normalized spacial score (nSPS) is 17.7. The molecule has 0 aromatic carbocycles. The van der Waals surface area contributed by atoms with Crippen LogP contribution in [0.4, 0.5) is 0 Å². The van der Waals surface area contributed by atoms with Crippen LogP contribution in [0.25, 0.3) is 0 Å². The number of rotatable bonds is 6. The zero-order chi connectivity index (χ0) is 10.9. The summed E-state index contributed by atoms with van der Waals surface area (Å²) in [6, 6.07) is 0. The summed E-state index contributed by atoms with van der Waals surface area (Å²) in [4.78, 5) is 13.7. The van der Waals surface area contributed by atoms with E-state index in [1.165, 1.54) is 0 Å². The second kappa shape index (κ2) is 7.96. The third-order valence-electron chi connectivity index (χ3n) is 2.32. The zero-order valence-electron chi connectivity index (χ0n) is 9.33. The van der Waals surface area contributed by atoms with Gasteiger partial charge in [-0.2, -0.15) is 11.8 Å². The van der Waals surface area contributed by atoms with Crippen molar-refractivity contribution in [2.75, 3.05) is 51.4 Å². The Morgan fingerprint density at radius 2 is 2.20 bits per heavy atom. The Morgan fingerprint density at radius 3 is 2.87 bits per heavy atom. The number of carbonyl (C=O) groups excluding carboxylic acids is 1. The molecule has 1 heterocycles. The predicted octanol–water partition coefficient (Wildman–Crippen LogP) is 0.188. The maximum Gasteiger partial charge on any atom is 0.234 e. The van der Waals surface area contributed by atoms with Crippen LogP contribution < -0.4 is 5.32 Å². The highest BCUT2D eigenvalue weighted by Gasteiger charge is 2.13. The minimum Gasteiger partial charge on any atom is -0.385 e. The average Bonchev–Trinajstić information content (AvgIpc) is 2.26. The largest absolute Gasteiger partial charge is 0.385 e. The van der Waals surface area contributed by atoms with E-state index in [9.17, 15) is 4.79 Å². The molecule has 88 valence electrons. The molecule has 1 saturated heterocycles. The summed E-state index contributed by atoms with van der Waals surface area (Å²) in [6.07, 6.45) is 0.887. The Hall–Kier alpha value is -0.260. The molecule has 0 atom stereocenters. The predicted molar refractivity (Wildman–Crippen MR) is 63.3 cm³/mol. The monoisotopic (exact) mass is 232 g/mol. The Morgan fingerprint density at radius 1 is 1.47 bits per heavy atom. The third-order valence-corrected chi connectivity index (χ3v) is 3.26. The molecule has 0 unspecified atom stereocenters. The first kappa shape index (κ1) is 12.8. The summed E-state index contributed by atoms with van der Waals surface area (Å²) in [6.45, 7) is 4.05. The number of amides is 1. The van der Waals surface area contributed by atoms with E-state index in [1.54, 1.807) is 7.11 Å². The first-order valence-electron chi connectivity index (χ1n) is 5.38. The molecule has 1 rings (SSSR count). The molecule has 1 amide bonds. The minimum absolute atomic E-state index is 0.137. The SMILES string of the molecule is COCCCNC(=O)CN1CCSCC1. The number of hydrogen-bond acceptors (Lipinski definition) is 4. The highest BCUT2D eigenvalue weighted by molar-refractivity contribution is 7.99. The minimum atomic E-state index is 0.137. The van der Waals surface area contributed by atoms with Crippen molar-refractivity contribution in [3.05, 3.63) is 0 Å². The number of nitrogens with zero attached hydrogens (tertiary/aromatic N) is 1. The fourth-order valence-corrected chi connectivity index (χ4v) is 2.44. The van der Waals surface area contributed by atoms with Crippen molar-refractivity contribution in [2.24, 2.45) is 0 Å². The highest BCUT2D eigenvalue weighted by Crippen LogP contribution is 2.07. The average molecular weight is 232 g/mol. The summed E-state index contributed by atoms with van der Waals surface area (Å²) >= 11 is 1.96. The van der Waals surface area contributed by atoms with Gasteiger partial charge in [0.25, 0.3) is 0 Å². The Bertz CT molecular complexity index is 184. The van der Waals surface area contributed by atoms with Crippen LogP contribution in [-0.2, 0) is 9.53 Å². The van der Waals surface area contributed by atoms with Gasteiger partial charge in [0.05, 0.1) is 6.54 Å². The van der Waals surface area contributed by atoms with Crippen LogP contribution in [0.1, 0.15) is 6.42 Å². The van der Waals surface area contributed by atoms with Gasteiger partial charge in [-0.1, -0.05) is 0 Å². The van der Waals surface area contributed by atoms with Gasteiger partial charge in [-0.05, 0) is 6.42 Å². The lowest BCUT2D eigenvalue weighted by atomic mass is 10.4. The van der Waals surface area contributed by atoms with E-state index in [2.05, 4.69) is 10.2 Å². The van der Waals surface area contributed by atoms with E-state index in [1.807, 2.05) is 11.8 Å². The van der Waals surface area contributed by atoms with Crippen molar-refractivity contribution in [3.8, 4) is 0 Å². The summed E-state index contributed by atoms with van der Waals surface area (Å²) in [5, 5.41) is 2.90. The van der Waals surface area contributed by atoms with Gasteiger partial charge >= 0.3 is 0 Å². The first-order valence-corrected chi connectivity index (χ1v) is 6.54. The quantitative estimate of drug-likeness (QED) is 0.664. The second-order valence-corrected chi connectivity index (χ2v) is 4.81. The van der Waals surface area contributed by atoms with Crippen LogP contribution >= 0.6 is 11.8 Å². The molecule has 0 saturated carbocycles. The van der Waals surface area contributed by atoms with Crippen LogP contribution in [0.5, 0.6) is 0 Å². The Labute approximate surface area is 95.7 Å². The second-order valence-electron chi connectivity index (χ2n) is 3.58. The molecule has 0 aliphatic carbocycles. The maximum absolute atomic E-state index is 11.5. The van der Waals surface area contributed by atoms with Gasteiger partial charge in [0.1, 0.15) is 0 Å². The molecule has 0 bridgehead atoms. The molecule has 1 N–H and O–H groups in total. The lowest BCUT2D eigenvalue weighted by molar-refractivity contribution is -0.122. The Kier molecular flexibility index (Phi) is 6.80. The molecule has 1 aliphatic heterocycles. The van der Waals surface area contributed by atoms with Gasteiger partial charge in [-0.25, -0.2) is 0 Å². The van der Waals surface area contributed by atoms with E-state index < -0.39 is 0 Å². The van der Waals surface area contributed by atoms with Crippen LogP contribution in [0.3, 0.4) is 0 Å². The number of carbonyl (C=O) groups is 1. The smallest absolute Gasteiger partial charge is 0.234 e. The van der Waals surface area contributed by atoms with Crippen LogP contribution in [0.15, 0.2) is 0 Å². The van der Waals surface area contributed by atoms with Crippen molar-refractivity contribution >= 4 is 17.7 Å². The number of hydrogen-bond donors (Lipinski definition) is 1. The lowest BCUT2D eigenvalue weighted by Crippen LogP contribution is -2.41. The maximum atomic E-state index is 11.5. The zero-order valence-corrected chi connectivity index (χ0v) is 10.1. The highest BCUT2D eigenvalue weighted by atomic mass is 32.2. The summed E-state index contributed by atoms with van der Waals surface area (Å²) in [5.74, 6) is 2.44. The van der Waals surface area contributed by atoms with Crippen molar-refractivity contribution in [2.45, 2.75) is 6.42 Å². The molecule has 0 aromatic heterocycles. The topological polar surface area (TPSA) is 41.6 Å². The number of ether oxygens (including phenoxy) is 1. The van der Waals surface area contributed by atoms with E-state index >= 15 is 0 Å². The third kappa shape index (κ3) is 6.02. The summed E-state index contributed by atoms with van der Waals surface area (Å²) in [7, 11) is 1.67. The molecule has 0 radical (unpaired) electrons. The van der Waals surface area contributed by atoms with Crippen molar-refractivity contribution in [3.63, 3.8) is 0 Å². The molecule has 0 spiro atoms. The van der Waals surface area contributed by atoms with Gasteiger partial charge in [0.2, 0.25) is 5.91 Å². The molecule has 1 aliphatic rings. The van der Waals surface area contributed by atoms with E-state index in [0.29, 0.717) is 13.2 Å². The van der Waals surface area contributed by atoms with Crippen LogP contribution in [-0.4, -0.2) is 62.2 Å². The van der Waals surface area contributed by atoms with Gasteiger partial charge in [-0.3, -0.25) is 9.69 Å². The van der Waals surface area contributed by atoms with Crippen LogP contribution in [0.2, 0.25) is 0 Å². The first-order chi connectivity index (χ1) is 7.33. The molecular formula is C10H20N2O2S. The van der Waals surface area contributed by atoms with Crippen molar-refractivity contribution < 1.29 is 9.53 Å². The van der Waals surface area contributed by atoms with Crippen molar-refractivity contribution in [1.82, 2.24) is 10.2 Å². The van der Waals surface area contributed by atoms with E-state index in [-0.39, 0.29) is 5.91 Å². The Balaban J connectivity index is 2.01. The van der Waals surface area contributed by atoms with Crippen molar-refractivity contribution in [1.29, 1.82) is 0 Å². The summed E-state index contributed by atoms with van der Waals surface area (Å²) in [5.41, 5.74) is 0. The van der Waals surface area contributed by atoms with E-state index in [0.717, 1.165) is 37.6 Å². The number of methoxy groups -OCH3 is 1. The van der Waals surface area contributed by atoms with Crippen LogP contribution in [0, 0.1) is 0 Å². The number of nitrogens with one attached hydrogen (secondary N) is 1. The number of thioether (sulfide) groups is 1. The van der Waals surface area contributed by atoms with Gasteiger partial charge < -0.3 is 10.1 Å². The summed E-state index contributed by atoms with van der Waals surface area (Å²) < 4.78 is 4.91. The fraction of sp³-hybridized carbons (Fsp3) is 0.900. The fourth-order valence-electron chi connectivity index (χ4n) is 1.46. The van der Waals surface area contributed by atoms with E-state index in [4.69, 9.17) is 4.74 Å². The molecule has 0 aromatic rings. The molecule has 1 fully saturated rings. The van der Waals surface area contributed by atoms with Gasteiger partial charge in [0.15, 0.2) is 0 Å².